The second-order valence-corrected chi connectivity index (χ2v) is 4.41. The Bertz CT molecular complexity index is 412. The first-order valence-corrected chi connectivity index (χ1v) is 5.66. The summed E-state index contributed by atoms with van der Waals surface area (Å²) >= 11 is 0. The van der Waals surface area contributed by atoms with Crippen LogP contribution in [-0.2, 0) is 0 Å². The number of hydrogen-bond donors (Lipinski definition) is 2. The van der Waals surface area contributed by atoms with Gasteiger partial charge in [0.05, 0.1) is 23.8 Å². The average molecular weight is 253 g/mol. The smallest absolute Gasteiger partial charge is 0.0995 e. The zero-order valence-electron chi connectivity index (χ0n) is 9.54. The third-order valence-corrected chi connectivity index (χ3v) is 3.44. The van der Waals surface area contributed by atoms with Gasteiger partial charge in [0.25, 0.3) is 0 Å². The summed E-state index contributed by atoms with van der Waals surface area (Å²) in [7, 11) is 0. The van der Waals surface area contributed by atoms with Gasteiger partial charge in [0.15, 0.2) is 0 Å². The fourth-order valence-corrected chi connectivity index (χ4v) is 2.15. The van der Waals surface area contributed by atoms with Gasteiger partial charge in [0, 0.05) is 0 Å². The monoisotopic (exact) mass is 252 g/mol. The van der Waals surface area contributed by atoms with Gasteiger partial charge in [-0.3, -0.25) is 0 Å². The minimum Gasteiger partial charge on any atom is -0.391 e. The van der Waals surface area contributed by atoms with Crippen LogP contribution < -0.4 is 5.73 Å². The van der Waals surface area contributed by atoms with Crippen LogP contribution >= 0.6 is 12.4 Å². The van der Waals surface area contributed by atoms with E-state index in [2.05, 4.69) is 6.07 Å². The van der Waals surface area contributed by atoms with E-state index < -0.39 is 12.1 Å². The lowest BCUT2D eigenvalue weighted by Gasteiger charge is -2.34. The molecule has 2 rings (SSSR count). The van der Waals surface area contributed by atoms with Gasteiger partial charge in [0.2, 0.25) is 0 Å². The van der Waals surface area contributed by atoms with E-state index in [1.807, 2.05) is 18.2 Å². The van der Waals surface area contributed by atoms with Crippen LogP contribution in [0.5, 0.6) is 0 Å². The van der Waals surface area contributed by atoms with E-state index in [1.54, 1.807) is 6.07 Å². The molecule has 1 aliphatic rings. The summed E-state index contributed by atoms with van der Waals surface area (Å²) in [6.07, 6.45) is 2.74. The summed E-state index contributed by atoms with van der Waals surface area (Å²) in [5, 5.41) is 19.0. The van der Waals surface area contributed by atoms with Gasteiger partial charge in [-0.05, 0) is 30.4 Å². The van der Waals surface area contributed by atoms with Crippen LogP contribution in [0.3, 0.4) is 0 Å². The average Bonchev–Trinajstić information content (AvgIpc) is 2.25. The lowest BCUT2D eigenvalue weighted by atomic mass is 9.77. The summed E-state index contributed by atoms with van der Waals surface area (Å²) in [5.41, 5.74) is 7.34. The largest absolute Gasteiger partial charge is 0.391 e. The zero-order valence-corrected chi connectivity index (χ0v) is 10.4. The Balaban J connectivity index is 0.00000144. The van der Waals surface area contributed by atoms with Gasteiger partial charge in [-0.1, -0.05) is 24.6 Å². The quantitative estimate of drug-likeness (QED) is 0.866. The predicted octanol–water partition coefficient (Wildman–Crippen LogP) is 2.14. The highest BCUT2D eigenvalue weighted by Crippen LogP contribution is 2.34. The number of halogens is 1. The highest BCUT2D eigenvalue weighted by Gasteiger charge is 2.31. The first-order valence-electron chi connectivity index (χ1n) is 5.66. The third kappa shape index (κ3) is 2.78. The zero-order chi connectivity index (χ0) is 11.5. The normalized spacial score (nSPS) is 18.4. The maximum absolute atomic E-state index is 10.1. The van der Waals surface area contributed by atoms with Crippen molar-refractivity contribution in [2.75, 3.05) is 0 Å². The number of nitriles is 1. The molecule has 0 saturated heterocycles. The maximum atomic E-state index is 10.1. The van der Waals surface area contributed by atoms with E-state index in [-0.39, 0.29) is 12.4 Å². The van der Waals surface area contributed by atoms with Gasteiger partial charge in [-0.25, -0.2) is 0 Å². The summed E-state index contributed by atoms with van der Waals surface area (Å²) in [6, 6.07) is 8.90. The molecule has 3 N–H and O–H groups in total. The second kappa shape index (κ2) is 6.02. The number of rotatable bonds is 3. The first kappa shape index (κ1) is 14.0. The number of benzene rings is 1. The molecule has 0 bridgehead atoms. The number of nitrogens with zero attached hydrogens (tertiary/aromatic N) is 1. The van der Waals surface area contributed by atoms with Crippen molar-refractivity contribution in [1.82, 2.24) is 0 Å². The molecule has 1 aromatic carbocycles. The second-order valence-electron chi connectivity index (χ2n) is 4.41. The van der Waals surface area contributed by atoms with Crippen molar-refractivity contribution in [3.05, 3.63) is 35.4 Å². The van der Waals surface area contributed by atoms with Crippen LogP contribution in [0.15, 0.2) is 24.3 Å². The molecule has 3 nitrogen and oxygen atoms in total. The Hall–Kier alpha value is -1.08. The van der Waals surface area contributed by atoms with Gasteiger partial charge < -0.3 is 10.8 Å². The van der Waals surface area contributed by atoms with Crippen LogP contribution in [0.25, 0.3) is 0 Å². The van der Waals surface area contributed by atoms with Crippen molar-refractivity contribution in [3.8, 4) is 6.07 Å². The van der Waals surface area contributed by atoms with Crippen molar-refractivity contribution in [2.45, 2.75) is 31.4 Å². The Morgan fingerprint density at radius 3 is 2.53 bits per heavy atom. The molecule has 2 atom stereocenters. The van der Waals surface area contributed by atoms with Crippen molar-refractivity contribution in [2.24, 2.45) is 11.7 Å². The van der Waals surface area contributed by atoms with Gasteiger partial charge in [-0.2, -0.15) is 5.26 Å². The van der Waals surface area contributed by atoms with E-state index in [4.69, 9.17) is 11.0 Å². The third-order valence-electron chi connectivity index (χ3n) is 3.44. The molecule has 17 heavy (non-hydrogen) atoms. The molecular weight excluding hydrogens is 236 g/mol. The van der Waals surface area contributed by atoms with Gasteiger partial charge in [-0.15, -0.1) is 12.4 Å². The molecule has 4 heteroatoms. The Labute approximate surface area is 108 Å². The van der Waals surface area contributed by atoms with E-state index in [1.165, 1.54) is 6.42 Å². The highest BCUT2D eigenvalue weighted by atomic mass is 35.5. The molecule has 1 saturated carbocycles. The molecule has 0 heterocycles. The standard InChI is InChI=1S/C13H16N2O.ClH/c14-8-10-4-1-2-7-11(10)12(15)13(16)9-5-3-6-9;/h1-2,4,7,9,12-13,16H,3,5-6,15H2;1H/t12-,13+;/m1./s1. The summed E-state index contributed by atoms with van der Waals surface area (Å²) in [5.74, 6) is 0.307. The summed E-state index contributed by atoms with van der Waals surface area (Å²) < 4.78 is 0. The maximum Gasteiger partial charge on any atom is 0.0995 e. The predicted molar refractivity (Wildman–Crippen MR) is 68.7 cm³/mol. The van der Waals surface area contributed by atoms with Crippen LogP contribution in [0.4, 0.5) is 0 Å². The molecule has 1 fully saturated rings. The Morgan fingerprint density at radius 2 is 2.00 bits per heavy atom. The molecule has 0 spiro atoms. The molecule has 92 valence electrons. The fraction of sp³-hybridized carbons (Fsp3) is 0.462. The Morgan fingerprint density at radius 1 is 1.35 bits per heavy atom. The molecule has 1 aromatic rings. The van der Waals surface area contributed by atoms with Crippen LogP contribution in [0.2, 0.25) is 0 Å². The van der Waals surface area contributed by atoms with Crippen LogP contribution in [-0.4, -0.2) is 11.2 Å². The van der Waals surface area contributed by atoms with Crippen molar-refractivity contribution < 1.29 is 5.11 Å². The van der Waals surface area contributed by atoms with Gasteiger partial charge in [0.1, 0.15) is 0 Å². The minimum atomic E-state index is -0.525. The number of hydrogen-bond acceptors (Lipinski definition) is 3. The molecule has 0 amide bonds. The lowest BCUT2D eigenvalue weighted by molar-refractivity contribution is 0.0413. The van der Waals surface area contributed by atoms with E-state index >= 15 is 0 Å². The van der Waals surface area contributed by atoms with Crippen molar-refractivity contribution in [1.29, 1.82) is 5.26 Å². The molecule has 1 aliphatic carbocycles. The molecular formula is C13H17ClN2O. The lowest BCUT2D eigenvalue weighted by Crippen LogP contribution is -2.36. The van der Waals surface area contributed by atoms with E-state index in [0.29, 0.717) is 11.5 Å². The molecule has 0 radical (unpaired) electrons. The first-order chi connectivity index (χ1) is 7.74. The van der Waals surface area contributed by atoms with Crippen LogP contribution in [0, 0.1) is 17.2 Å². The van der Waals surface area contributed by atoms with E-state index in [0.717, 1.165) is 18.4 Å². The molecule has 0 aromatic heterocycles. The van der Waals surface area contributed by atoms with Crippen molar-refractivity contribution in [3.63, 3.8) is 0 Å². The highest BCUT2D eigenvalue weighted by molar-refractivity contribution is 5.85. The Kier molecular flexibility index (Phi) is 4.95. The SMILES string of the molecule is Cl.N#Cc1ccccc1[C@@H](N)[C@@H](O)C1CCC1. The summed E-state index contributed by atoms with van der Waals surface area (Å²) in [6.45, 7) is 0. The number of aliphatic hydroxyl groups is 1. The molecule has 0 aliphatic heterocycles. The topological polar surface area (TPSA) is 70.0 Å². The van der Waals surface area contributed by atoms with Gasteiger partial charge >= 0.3 is 0 Å². The fourth-order valence-electron chi connectivity index (χ4n) is 2.15. The van der Waals surface area contributed by atoms with E-state index in [9.17, 15) is 5.11 Å². The number of nitrogens with two attached hydrogens (primary N) is 1. The van der Waals surface area contributed by atoms with Crippen LogP contribution in [0.1, 0.15) is 36.4 Å². The molecule has 0 unspecified atom stereocenters. The summed E-state index contributed by atoms with van der Waals surface area (Å²) in [4.78, 5) is 0. The number of aliphatic hydroxyl groups excluding tert-OH is 1. The minimum absolute atomic E-state index is 0. The van der Waals surface area contributed by atoms with Crippen molar-refractivity contribution >= 4 is 12.4 Å².